The fourth-order valence-electron chi connectivity index (χ4n) is 2.61. The smallest absolute Gasteiger partial charge is 0.352 e. The van der Waals surface area contributed by atoms with E-state index >= 15 is 0 Å². The Morgan fingerprint density at radius 1 is 1.45 bits per heavy atom. The number of hydrogen-bond donors (Lipinski definition) is 1. The number of aromatic carboxylic acids is 1. The Kier molecular flexibility index (Phi) is 2.85. The van der Waals surface area contributed by atoms with Crippen LogP contribution in [0.5, 0.6) is 0 Å². The van der Waals surface area contributed by atoms with E-state index in [9.17, 15) is 19.1 Å². The van der Waals surface area contributed by atoms with Crippen LogP contribution in [0.3, 0.4) is 0 Å². The van der Waals surface area contributed by atoms with E-state index < -0.39 is 17.2 Å². The van der Waals surface area contributed by atoms with Crippen LogP contribution in [0.1, 0.15) is 28.9 Å². The van der Waals surface area contributed by atoms with Crippen molar-refractivity contribution in [2.75, 3.05) is 0 Å². The molecule has 104 valence electrons. The zero-order valence-corrected chi connectivity index (χ0v) is 11.0. The lowest BCUT2D eigenvalue weighted by molar-refractivity contribution is 0.0683. The highest BCUT2D eigenvalue weighted by Gasteiger charge is 2.27. The highest BCUT2D eigenvalue weighted by Crippen LogP contribution is 2.33. The standard InChI is InChI=1S/C15H14FNO3/c1-8-12(15(19)20)17(7-9-5-6-9)13-10(14(8)18)3-2-4-11(13)16/h2-4,9H,5-7H2,1H3,(H,19,20). The molecular weight excluding hydrogens is 261 g/mol. The average Bonchev–Trinajstić information content (AvgIpc) is 3.19. The molecular formula is C15H14FNO3. The van der Waals surface area contributed by atoms with Crippen LogP contribution >= 0.6 is 0 Å². The van der Waals surface area contributed by atoms with Crippen molar-refractivity contribution in [3.63, 3.8) is 0 Å². The summed E-state index contributed by atoms with van der Waals surface area (Å²) in [6.07, 6.45) is 2.03. The number of nitrogens with zero attached hydrogens (tertiary/aromatic N) is 1. The van der Waals surface area contributed by atoms with Gasteiger partial charge < -0.3 is 9.67 Å². The third-order valence-electron chi connectivity index (χ3n) is 3.81. The molecule has 1 fully saturated rings. The molecule has 0 unspecified atom stereocenters. The summed E-state index contributed by atoms with van der Waals surface area (Å²) in [6.45, 7) is 1.93. The number of fused-ring (bicyclic) bond motifs is 1. The molecule has 0 saturated heterocycles. The highest BCUT2D eigenvalue weighted by atomic mass is 19.1. The number of carboxylic acids is 1. The minimum absolute atomic E-state index is 0.0977. The maximum atomic E-state index is 14.1. The molecule has 0 aliphatic heterocycles. The number of carboxylic acid groups (broad SMARTS) is 1. The monoisotopic (exact) mass is 275 g/mol. The molecule has 0 spiro atoms. The van der Waals surface area contributed by atoms with Crippen molar-refractivity contribution in [1.82, 2.24) is 4.57 Å². The molecule has 1 aliphatic rings. The zero-order chi connectivity index (χ0) is 14.4. The highest BCUT2D eigenvalue weighted by molar-refractivity contribution is 5.92. The van der Waals surface area contributed by atoms with Crippen molar-refractivity contribution in [3.8, 4) is 0 Å². The zero-order valence-electron chi connectivity index (χ0n) is 11.0. The number of para-hydroxylation sites is 1. The maximum absolute atomic E-state index is 14.1. The molecule has 5 heteroatoms. The molecule has 2 aromatic rings. The van der Waals surface area contributed by atoms with Gasteiger partial charge in [-0.1, -0.05) is 6.07 Å². The first-order valence-corrected chi connectivity index (χ1v) is 6.55. The van der Waals surface area contributed by atoms with Crippen LogP contribution in [0, 0.1) is 18.7 Å². The molecule has 1 aromatic heterocycles. The Balaban J connectivity index is 2.45. The predicted molar refractivity (Wildman–Crippen MR) is 72.6 cm³/mol. The van der Waals surface area contributed by atoms with Crippen molar-refractivity contribution in [3.05, 3.63) is 45.5 Å². The predicted octanol–water partition coefficient (Wildman–Crippen LogP) is 2.56. The van der Waals surface area contributed by atoms with Crippen molar-refractivity contribution >= 4 is 16.9 Å². The van der Waals surface area contributed by atoms with Crippen LogP contribution in [0.25, 0.3) is 10.9 Å². The summed E-state index contributed by atoms with van der Waals surface area (Å²) in [5, 5.41) is 9.62. The SMILES string of the molecule is Cc1c(C(=O)O)n(CC2CC2)c2c(F)cccc2c1=O. The third kappa shape index (κ3) is 1.90. The van der Waals surface area contributed by atoms with E-state index in [1.54, 1.807) is 6.07 Å². The van der Waals surface area contributed by atoms with Gasteiger partial charge in [0.05, 0.1) is 5.52 Å². The van der Waals surface area contributed by atoms with E-state index in [-0.39, 0.29) is 22.2 Å². The molecule has 3 rings (SSSR count). The lowest BCUT2D eigenvalue weighted by atomic mass is 10.1. The summed E-state index contributed by atoms with van der Waals surface area (Å²) in [7, 11) is 0. The molecule has 4 nitrogen and oxygen atoms in total. The minimum Gasteiger partial charge on any atom is -0.477 e. The Labute approximate surface area is 114 Å². The number of rotatable bonds is 3. The van der Waals surface area contributed by atoms with Crippen molar-refractivity contribution < 1.29 is 14.3 Å². The van der Waals surface area contributed by atoms with Crippen LogP contribution in [-0.4, -0.2) is 15.6 Å². The first kappa shape index (κ1) is 12.8. The van der Waals surface area contributed by atoms with Crippen molar-refractivity contribution in [2.24, 2.45) is 5.92 Å². The quantitative estimate of drug-likeness (QED) is 0.936. The second-order valence-corrected chi connectivity index (χ2v) is 5.30. The molecule has 20 heavy (non-hydrogen) atoms. The van der Waals surface area contributed by atoms with E-state index in [1.807, 2.05) is 0 Å². The Bertz CT molecular complexity index is 775. The molecule has 0 bridgehead atoms. The van der Waals surface area contributed by atoms with Gasteiger partial charge in [0, 0.05) is 17.5 Å². The number of aromatic nitrogens is 1. The van der Waals surface area contributed by atoms with Gasteiger partial charge in [-0.15, -0.1) is 0 Å². The number of benzene rings is 1. The number of carbonyl (C=O) groups is 1. The van der Waals surface area contributed by atoms with E-state index in [1.165, 1.54) is 23.6 Å². The molecule has 0 amide bonds. The topological polar surface area (TPSA) is 59.3 Å². The molecule has 0 atom stereocenters. The number of halogens is 1. The summed E-state index contributed by atoms with van der Waals surface area (Å²) in [4.78, 5) is 23.7. The number of pyridine rings is 1. The molecule has 1 heterocycles. The van der Waals surface area contributed by atoms with Crippen LogP contribution in [0.4, 0.5) is 4.39 Å². The molecule has 1 saturated carbocycles. The van der Waals surface area contributed by atoms with E-state index in [2.05, 4.69) is 0 Å². The van der Waals surface area contributed by atoms with Crippen molar-refractivity contribution in [2.45, 2.75) is 26.3 Å². The fourth-order valence-corrected chi connectivity index (χ4v) is 2.61. The Morgan fingerprint density at radius 3 is 2.75 bits per heavy atom. The summed E-state index contributed by atoms with van der Waals surface area (Å²) in [5.41, 5.74) is -0.243. The van der Waals surface area contributed by atoms with E-state index in [0.29, 0.717) is 12.5 Å². The first-order chi connectivity index (χ1) is 9.50. The molecule has 1 aliphatic carbocycles. The van der Waals surface area contributed by atoms with Gasteiger partial charge in [-0.05, 0) is 37.8 Å². The van der Waals surface area contributed by atoms with Gasteiger partial charge >= 0.3 is 5.97 Å². The van der Waals surface area contributed by atoms with Gasteiger partial charge in [0.1, 0.15) is 11.5 Å². The minimum atomic E-state index is -1.19. The van der Waals surface area contributed by atoms with Gasteiger partial charge in [-0.2, -0.15) is 0 Å². The van der Waals surface area contributed by atoms with Crippen LogP contribution < -0.4 is 5.43 Å². The lowest BCUT2D eigenvalue weighted by Crippen LogP contribution is -2.23. The third-order valence-corrected chi connectivity index (χ3v) is 3.81. The van der Waals surface area contributed by atoms with E-state index in [0.717, 1.165) is 12.8 Å². The van der Waals surface area contributed by atoms with Crippen LogP contribution in [-0.2, 0) is 6.54 Å². The molecule has 0 radical (unpaired) electrons. The number of hydrogen-bond acceptors (Lipinski definition) is 2. The Morgan fingerprint density at radius 2 is 2.15 bits per heavy atom. The summed E-state index contributed by atoms with van der Waals surface area (Å²) < 4.78 is 15.6. The summed E-state index contributed by atoms with van der Waals surface area (Å²) >= 11 is 0. The van der Waals surface area contributed by atoms with E-state index in [4.69, 9.17) is 0 Å². The summed E-state index contributed by atoms with van der Waals surface area (Å²) in [6, 6.07) is 4.27. The molecule has 1 aromatic carbocycles. The van der Waals surface area contributed by atoms with Crippen molar-refractivity contribution in [1.29, 1.82) is 0 Å². The van der Waals surface area contributed by atoms with Crippen LogP contribution in [0.15, 0.2) is 23.0 Å². The second kappa shape index (κ2) is 4.44. The lowest BCUT2D eigenvalue weighted by Gasteiger charge is -2.16. The normalized spacial score (nSPS) is 14.7. The average molecular weight is 275 g/mol. The van der Waals surface area contributed by atoms with Gasteiger partial charge in [-0.25, -0.2) is 9.18 Å². The Hall–Kier alpha value is -2.17. The summed E-state index contributed by atoms with van der Waals surface area (Å²) in [5.74, 6) is -1.37. The van der Waals surface area contributed by atoms with Gasteiger partial charge in [0.25, 0.3) is 0 Å². The van der Waals surface area contributed by atoms with Gasteiger partial charge in [0.15, 0.2) is 5.43 Å². The van der Waals surface area contributed by atoms with Gasteiger partial charge in [-0.3, -0.25) is 4.79 Å². The molecule has 1 N–H and O–H groups in total. The largest absolute Gasteiger partial charge is 0.477 e. The maximum Gasteiger partial charge on any atom is 0.352 e. The fraction of sp³-hybridized carbons (Fsp3) is 0.333. The van der Waals surface area contributed by atoms with Crippen LogP contribution in [0.2, 0.25) is 0 Å². The second-order valence-electron chi connectivity index (χ2n) is 5.30. The van der Waals surface area contributed by atoms with Gasteiger partial charge in [0.2, 0.25) is 0 Å². The first-order valence-electron chi connectivity index (χ1n) is 6.55.